The zero-order chi connectivity index (χ0) is 11.1. The highest BCUT2D eigenvalue weighted by Gasteiger charge is 2.05. The molecule has 0 radical (unpaired) electrons. The second kappa shape index (κ2) is 6.08. The quantitative estimate of drug-likeness (QED) is 0.742. The van der Waals surface area contributed by atoms with Crippen LogP contribution in [0.1, 0.15) is 12.6 Å². The Balaban J connectivity index is 2.25. The van der Waals surface area contributed by atoms with Crippen LogP contribution in [0.3, 0.4) is 0 Å². The van der Waals surface area contributed by atoms with Crippen LogP contribution in [0, 0.1) is 0 Å². The Bertz CT molecular complexity index is 302. The Kier molecular flexibility index (Phi) is 4.70. The molecule has 5 nitrogen and oxygen atoms in total. The van der Waals surface area contributed by atoms with Crippen LogP contribution in [0.5, 0.6) is 0 Å². The lowest BCUT2D eigenvalue weighted by molar-refractivity contribution is -0.128. The molecule has 0 fully saturated rings. The molecule has 1 heterocycles. The molecule has 0 aliphatic carbocycles. The zero-order valence-electron chi connectivity index (χ0n) is 9.10. The Hall–Kier alpha value is -1.49. The maximum Gasteiger partial charge on any atom is 0.236 e. The molecular formula is C10H16N4O. The number of carbonyl (C=O) groups is 1. The maximum atomic E-state index is 11.4. The van der Waals surface area contributed by atoms with Crippen molar-refractivity contribution >= 4 is 5.91 Å². The molecular weight excluding hydrogens is 192 g/mol. The van der Waals surface area contributed by atoms with Gasteiger partial charge in [0.1, 0.15) is 0 Å². The zero-order valence-corrected chi connectivity index (χ0v) is 9.10. The SMILES string of the molecule is CCN(C)C(=O)CNCc1cccnn1. The van der Waals surface area contributed by atoms with Gasteiger partial charge in [-0.05, 0) is 19.1 Å². The lowest BCUT2D eigenvalue weighted by atomic mass is 10.4. The van der Waals surface area contributed by atoms with Crippen LogP contribution in [-0.2, 0) is 11.3 Å². The lowest BCUT2D eigenvalue weighted by Gasteiger charge is -2.14. The van der Waals surface area contributed by atoms with Crippen LogP contribution in [-0.4, -0.2) is 41.1 Å². The number of aromatic nitrogens is 2. The molecule has 0 aliphatic rings. The summed E-state index contributed by atoms with van der Waals surface area (Å²) in [5.41, 5.74) is 0.837. The van der Waals surface area contributed by atoms with E-state index in [1.165, 1.54) is 0 Å². The van der Waals surface area contributed by atoms with E-state index >= 15 is 0 Å². The van der Waals surface area contributed by atoms with Gasteiger partial charge < -0.3 is 10.2 Å². The van der Waals surface area contributed by atoms with Crippen molar-refractivity contribution in [3.05, 3.63) is 24.0 Å². The molecule has 0 saturated carbocycles. The number of rotatable bonds is 5. The van der Waals surface area contributed by atoms with Gasteiger partial charge in [-0.25, -0.2) is 0 Å². The first-order chi connectivity index (χ1) is 7.24. The predicted molar refractivity (Wildman–Crippen MR) is 57.0 cm³/mol. The summed E-state index contributed by atoms with van der Waals surface area (Å²) >= 11 is 0. The summed E-state index contributed by atoms with van der Waals surface area (Å²) in [5.74, 6) is 0.0846. The molecule has 82 valence electrons. The van der Waals surface area contributed by atoms with Gasteiger partial charge in [0.2, 0.25) is 5.91 Å². The topological polar surface area (TPSA) is 58.1 Å². The Morgan fingerprint density at radius 1 is 1.60 bits per heavy atom. The predicted octanol–water partition coefficient (Wildman–Crippen LogP) is 0.0445. The highest BCUT2D eigenvalue weighted by atomic mass is 16.2. The molecule has 0 spiro atoms. The maximum absolute atomic E-state index is 11.4. The summed E-state index contributed by atoms with van der Waals surface area (Å²) in [5, 5.41) is 10.7. The summed E-state index contributed by atoms with van der Waals surface area (Å²) in [4.78, 5) is 13.1. The van der Waals surface area contributed by atoms with E-state index in [4.69, 9.17) is 0 Å². The molecule has 1 aromatic rings. The standard InChI is InChI=1S/C10H16N4O/c1-3-14(2)10(15)8-11-7-9-5-4-6-12-13-9/h4-6,11H,3,7-8H2,1-2H3. The molecule has 5 heteroatoms. The molecule has 0 bridgehead atoms. The Labute approximate surface area is 89.5 Å². The van der Waals surface area contributed by atoms with Gasteiger partial charge in [0.05, 0.1) is 12.2 Å². The summed E-state index contributed by atoms with van der Waals surface area (Å²) in [6, 6.07) is 3.69. The number of nitrogens with zero attached hydrogens (tertiary/aromatic N) is 3. The monoisotopic (exact) mass is 208 g/mol. The van der Waals surface area contributed by atoms with Crippen molar-refractivity contribution < 1.29 is 4.79 Å². The molecule has 0 saturated heterocycles. The van der Waals surface area contributed by atoms with Crippen molar-refractivity contribution in [1.82, 2.24) is 20.4 Å². The van der Waals surface area contributed by atoms with Gasteiger partial charge in [0, 0.05) is 26.3 Å². The fourth-order valence-electron chi connectivity index (χ4n) is 1.04. The smallest absolute Gasteiger partial charge is 0.236 e. The van der Waals surface area contributed by atoms with Gasteiger partial charge in [-0.15, -0.1) is 0 Å². The minimum Gasteiger partial charge on any atom is -0.345 e. The Morgan fingerprint density at radius 2 is 2.40 bits per heavy atom. The normalized spacial score (nSPS) is 10.0. The number of carbonyl (C=O) groups excluding carboxylic acids is 1. The highest BCUT2D eigenvalue weighted by Crippen LogP contribution is 1.89. The Morgan fingerprint density at radius 3 is 3.00 bits per heavy atom. The van der Waals surface area contributed by atoms with Crippen molar-refractivity contribution in [3.63, 3.8) is 0 Å². The summed E-state index contributed by atoms with van der Waals surface area (Å²) in [6.07, 6.45) is 1.62. The third-order valence-electron chi connectivity index (χ3n) is 2.11. The van der Waals surface area contributed by atoms with Crippen LogP contribution < -0.4 is 5.32 Å². The van der Waals surface area contributed by atoms with E-state index < -0.39 is 0 Å². The first-order valence-electron chi connectivity index (χ1n) is 4.95. The first kappa shape index (κ1) is 11.6. The second-order valence-corrected chi connectivity index (χ2v) is 3.23. The van der Waals surface area contributed by atoms with Crippen LogP contribution >= 0.6 is 0 Å². The average Bonchev–Trinajstić information content (AvgIpc) is 2.29. The van der Waals surface area contributed by atoms with E-state index in [2.05, 4.69) is 15.5 Å². The van der Waals surface area contributed by atoms with E-state index in [1.54, 1.807) is 18.1 Å². The fraction of sp³-hybridized carbons (Fsp3) is 0.500. The minimum atomic E-state index is 0.0846. The van der Waals surface area contributed by atoms with Crippen LogP contribution in [0.2, 0.25) is 0 Å². The number of hydrogen-bond acceptors (Lipinski definition) is 4. The van der Waals surface area contributed by atoms with Crippen molar-refractivity contribution in [3.8, 4) is 0 Å². The molecule has 0 aromatic carbocycles. The van der Waals surface area contributed by atoms with Crippen molar-refractivity contribution in [2.24, 2.45) is 0 Å². The minimum absolute atomic E-state index is 0.0846. The number of amides is 1. The molecule has 1 rings (SSSR count). The molecule has 1 amide bonds. The third-order valence-corrected chi connectivity index (χ3v) is 2.11. The van der Waals surface area contributed by atoms with E-state index in [9.17, 15) is 4.79 Å². The molecule has 0 aliphatic heterocycles. The first-order valence-corrected chi connectivity index (χ1v) is 4.95. The summed E-state index contributed by atoms with van der Waals surface area (Å²) in [7, 11) is 1.78. The van der Waals surface area contributed by atoms with Gasteiger partial charge in [0.15, 0.2) is 0 Å². The second-order valence-electron chi connectivity index (χ2n) is 3.23. The van der Waals surface area contributed by atoms with Crippen LogP contribution in [0.4, 0.5) is 0 Å². The van der Waals surface area contributed by atoms with E-state index in [1.807, 2.05) is 19.1 Å². The van der Waals surface area contributed by atoms with E-state index in [0.717, 1.165) is 12.2 Å². The van der Waals surface area contributed by atoms with Gasteiger partial charge >= 0.3 is 0 Å². The van der Waals surface area contributed by atoms with Gasteiger partial charge in [-0.2, -0.15) is 10.2 Å². The number of likely N-dealkylation sites (N-methyl/N-ethyl adjacent to an activating group) is 1. The summed E-state index contributed by atoms with van der Waals surface area (Å²) in [6.45, 7) is 3.57. The van der Waals surface area contributed by atoms with Gasteiger partial charge in [0.25, 0.3) is 0 Å². The third kappa shape index (κ3) is 4.03. The molecule has 0 atom stereocenters. The van der Waals surface area contributed by atoms with E-state index in [0.29, 0.717) is 13.1 Å². The van der Waals surface area contributed by atoms with Crippen molar-refractivity contribution in [2.45, 2.75) is 13.5 Å². The largest absolute Gasteiger partial charge is 0.345 e. The van der Waals surface area contributed by atoms with Gasteiger partial charge in [-0.1, -0.05) is 0 Å². The van der Waals surface area contributed by atoms with Crippen LogP contribution in [0.25, 0.3) is 0 Å². The lowest BCUT2D eigenvalue weighted by Crippen LogP contribution is -2.35. The fourth-order valence-corrected chi connectivity index (χ4v) is 1.04. The molecule has 15 heavy (non-hydrogen) atoms. The molecule has 1 aromatic heterocycles. The van der Waals surface area contributed by atoms with Crippen LogP contribution in [0.15, 0.2) is 18.3 Å². The molecule has 1 N–H and O–H groups in total. The van der Waals surface area contributed by atoms with Crippen molar-refractivity contribution in [2.75, 3.05) is 20.1 Å². The molecule has 0 unspecified atom stereocenters. The average molecular weight is 208 g/mol. The number of nitrogens with one attached hydrogen (secondary N) is 1. The van der Waals surface area contributed by atoms with Crippen molar-refractivity contribution in [1.29, 1.82) is 0 Å². The number of hydrogen-bond donors (Lipinski definition) is 1. The summed E-state index contributed by atoms with van der Waals surface area (Å²) < 4.78 is 0. The van der Waals surface area contributed by atoms with Gasteiger partial charge in [-0.3, -0.25) is 4.79 Å². The highest BCUT2D eigenvalue weighted by molar-refractivity contribution is 5.77. The van der Waals surface area contributed by atoms with E-state index in [-0.39, 0.29) is 5.91 Å².